The summed E-state index contributed by atoms with van der Waals surface area (Å²) in [5.41, 5.74) is 7.27. The molecule has 2 N–H and O–H groups in total. The van der Waals surface area contributed by atoms with Crippen LogP contribution in [-0.4, -0.2) is 15.5 Å². The van der Waals surface area contributed by atoms with Crippen LogP contribution in [0.1, 0.15) is 48.8 Å². The van der Waals surface area contributed by atoms with Gasteiger partial charge in [-0.15, -0.1) is 0 Å². The first-order chi connectivity index (χ1) is 10.6. The van der Waals surface area contributed by atoms with Gasteiger partial charge in [-0.2, -0.15) is 0 Å². The third kappa shape index (κ3) is 2.43. The summed E-state index contributed by atoms with van der Waals surface area (Å²) in [7, 11) is 0. The summed E-state index contributed by atoms with van der Waals surface area (Å²) in [5.74, 6) is 0.211. The third-order valence-electron chi connectivity index (χ3n) is 4.20. The molecule has 0 saturated carbocycles. The average molecular weight is 297 g/mol. The lowest BCUT2D eigenvalue weighted by Crippen LogP contribution is -2.26. The molecule has 0 aliphatic carbocycles. The van der Waals surface area contributed by atoms with E-state index in [1.54, 1.807) is 22.8 Å². The highest BCUT2D eigenvalue weighted by Crippen LogP contribution is 2.24. The van der Waals surface area contributed by atoms with Gasteiger partial charge in [0.1, 0.15) is 5.82 Å². The quantitative estimate of drug-likeness (QED) is 0.878. The minimum absolute atomic E-state index is 0.0442. The maximum absolute atomic E-state index is 12.8. The van der Waals surface area contributed by atoms with Gasteiger partial charge in [0.2, 0.25) is 5.91 Å². The van der Waals surface area contributed by atoms with Gasteiger partial charge in [-0.1, -0.05) is 12.5 Å². The summed E-state index contributed by atoms with van der Waals surface area (Å²) in [5, 5.41) is 0.532. The molecule has 2 aromatic rings. The topological polar surface area (TPSA) is 78.0 Å². The van der Waals surface area contributed by atoms with E-state index < -0.39 is 5.91 Å². The van der Waals surface area contributed by atoms with Crippen molar-refractivity contribution in [2.24, 2.45) is 5.73 Å². The van der Waals surface area contributed by atoms with E-state index in [1.807, 2.05) is 13.0 Å². The number of allylic oxidation sites excluding steroid dienone is 2. The van der Waals surface area contributed by atoms with Crippen LogP contribution in [0.2, 0.25) is 0 Å². The Morgan fingerprint density at radius 2 is 2.14 bits per heavy atom. The third-order valence-corrected chi connectivity index (χ3v) is 4.20. The van der Waals surface area contributed by atoms with Crippen LogP contribution in [0.3, 0.4) is 0 Å². The van der Waals surface area contributed by atoms with Gasteiger partial charge in [-0.05, 0) is 50.0 Å². The zero-order valence-corrected chi connectivity index (χ0v) is 12.6. The lowest BCUT2D eigenvalue weighted by Gasteiger charge is -2.18. The van der Waals surface area contributed by atoms with E-state index in [9.17, 15) is 9.59 Å². The SMILES string of the molecule is C/C=C1\CCCCCn2c1nc1cc(C(N)=O)ccc1c2=O. The fourth-order valence-electron chi connectivity index (χ4n) is 2.97. The second-order valence-electron chi connectivity index (χ2n) is 5.61. The highest BCUT2D eigenvalue weighted by Gasteiger charge is 2.16. The lowest BCUT2D eigenvalue weighted by molar-refractivity contribution is 0.100. The van der Waals surface area contributed by atoms with Crippen LogP contribution in [0, 0.1) is 0 Å². The number of fused-ring (bicyclic) bond motifs is 2. The number of carbonyl (C=O) groups is 1. The molecule has 1 aromatic carbocycles. The van der Waals surface area contributed by atoms with Gasteiger partial charge in [0.25, 0.3) is 5.56 Å². The standard InChI is InChI=1S/C17H19N3O2/c1-2-11-6-4-3-5-9-20-16(11)19-14-10-12(15(18)21)7-8-13(14)17(20)22/h2,7-8,10H,3-6,9H2,1H3,(H2,18,21)/b11-2+. The lowest BCUT2D eigenvalue weighted by atomic mass is 10.0. The van der Waals surface area contributed by atoms with Gasteiger partial charge >= 0.3 is 0 Å². The van der Waals surface area contributed by atoms with Crippen molar-refractivity contribution in [1.82, 2.24) is 9.55 Å². The van der Waals surface area contributed by atoms with Gasteiger partial charge in [0, 0.05) is 12.1 Å². The number of hydrogen-bond acceptors (Lipinski definition) is 3. The van der Waals surface area contributed by atoms with E-state index in [1.165, 1.54) is 0 Å². The van der Waals surface area contributed by atoms with Crippen molar-refractivity contribution in [3.63, 3.8) is 0 Å². The predicted molar refractivity (Wildman–Crippen MR) is 86.6 cm³/mol. The van der Waals surface area contributed by atoms with E-state index in [0.717, 1.165) is 37.1 Å². The van der Waals surface area contributed by atoms with Crippen LogP contribution in [-0.2, 0) is 6.54 Å². The molecule has 3 rings (SSSR count). The molecule has 5 nitrogen and oxygen atoms in total. The molecule has 5 heteroatoms. The maximum atomic E-state index is 12.8. The molecule has 22 heavy (non-hydrogen) atoms. The highest BCUT2D eigenvalue weighted by molar-refractivity contribution is 5.96. The zero-order valence-electron chi connectivity index (χ0n) is 12.6. The summed E-state index contributed by atoms with van der Waals surface area (Å²) in [6.07, 6.45) is 6.14. The monoisotopic (exact) mass is 297 g/mol. The Hall–Kier alpha value is -2.43. The molecule has 1 amide bonds. The van der Waals surface area contributed by atoms with Crippen LogP contribution in [0.25, 0.3) is 16.5 Å². The van der Waals surface area contributed by atoms with Gasteiger partial charge in [0.15, 0.2) is 0 Å². The summed E-state index contributed by atoms with van der Waals surface area (Å²) in [6.45, 7) is 2.66. The minimum Gasteiger partial charge on any atom is -0.366 e. The molecule has 0 atom stereocenters. The van der Waals surface area contributed by atoms with Crippen molar-refractivity contribution in [1.29, 1.82) is 0 Å². The van der Waals surface area contributed by atoms with Crippen LogP contribution in [0.15, 0.2) is 29.1 Å². The molecule has 0 radical (unpaired) electrons. The number of benzene rings is 1. The molecule has 0 saturated heterocycles. The first kappa shape index (κ1) is 14.5. The Morgan fingerprint density at radius 1 is 1.32 bits per heavy atom. The predicted octanol–water partition coefficient (Wildman–Crippen LogP) is 2.47. The number of hydrogen-bond donors (Lipinski definition) is 1. The summed E-state index contributed by atoms with van der Waals surface area (Å²) in [6, 6.07) is 4.83. The van der Waals surface area contributed by atoms with Crippen molar-refractivity contribution in [2.45, 2.75) is 39.2 Å². The number of nitrogens with zero attached hydrogens (tertiary/aromatic N) is 2. The maximum Gasteiger partial charge on any atom is 0.261 e. The molecular formula is C17H19N3O2. The van der Waals surface area contributed by atoms with Gasteiger partial charge in [0.05, 0.1) is 10.9 Å². The summed E-state index contributed by atoms with van der Waals surface area (Å²) >= 11 is 0. The van der Waals surface area contributed by atoms with Crippen molar-refractivity contribution in [3.8, 4) is 0 Å². The second-order valence-corrected chi connectivity index (χ2v) is 5.61. The molecule has 1 aliphatic rings. The Bertz CT molecular complexity index is 834. The molecule has 0 bridgehead atoms. The molecule has 2 heterocycles. The van der Waals surface area contributed by atoms with E-state index in [0.29, 0.717) is 23.0 Å². The van der Waals surface area contributed by atoms with Gasteiger partial charge in [-0.25, -0.2) is 4.98 Å². The molecular weight excluding hydrogens is 278 g/mol. The van der Waals surface area contributed by atoms with E-state index in [2.05, 4.69) is 4.98 Å². The summed E-state index contributed by atoms with van der Waals surface area (Å²) < 4.78 is 1.76. The van der Waals surface area contributed by atoms with Crippen molar-refractivity contribution in [3.05, 3.63) is 46.0 Å². The number of nitrogens with two attached hydrogens (primary N) is 1. The van der Waals surface area contributed by atoms with Gasteiger partial charge in [-0.3, -0.25) is 14.2 Å². The zero-order chi connectivity index (χ0) is 15.7. The number of aromatic nitrogens is 2. The Labute approximate surface area is 128 Å². The fourth-order valence-corrected chi connectivity index (χ4v) is 2.97. The normalized spacial score (nSPS) is 17.0. The highest BCUT2D eigenvalue weighted by atomic mass is 16.1. The van der Waals surface area contributed by atoms with Gasteiger partial charge < -0.3 is 5.73 Å². The largest absolute Gasteiger partial charge is 0.366 e. The molecule has 114 valence electrons. The Kier molecular flexibility index (Phi) is 3.79. The smallest absolute Gasteiger partial charge is 0.261 e. The Balaban J connectivity index is 2.31. The van der Waals surface area contributed by atoms with Crippen molar-refractivity contribution >= 4 is 22.4 Å². The average Bonchev–Trinajstić information content (AvgIpc) is 2.49. The number of primary amides is 1. The Morgan fingerprint density at radius 3 is 2.86 bits per heavy atom. The molecule has 0 unspecified atom stereocenters. The first-order valence-electron chi connectivity index (χ1n) is 7.62. The summed E-state index contributed by atoms with van der Waals surface area (Å²) in [4.78, 5) is 28.8. The van der Waals surface area contributed by atoms with Crippen LogP contribution < -0.4 is 11.3 Å². The minimum atomic E-state index is -0.512. The van der Waals surface area contributed by atoms with Crippen LogP contribution in [0.4, 0.5) is 0 Å². The number of amides is 1. The fraction of sp³-hybridized carbons (Fsp3) is 0.353. The van der Waals surface area contributed by atoms with Crippen LogP contribution >= 0.6 is 0 Å². The number of carbonyl (C=O) groups excluding carboxylic acids is 1. The molecule has 0 fully saturated rings. The molecule has 1 aromatic heterocycles. The molecule has 1 aliphatic heterocycles. The van der Waals surface area contributed by atoms with Crippen molar-refractivity contribution < 1.29 is 4.79 Å². The first-order valence-corrected chi connectivity index (χ1v) is 7.62. The van der Waals surface area contributed by atoms with Crippen molar-refractivity contribution in [2.75, 3.05) is 0 Å². The molecule has 0 spiro atoms. The van der Waals surface area contributed by atoms with E-state index >= 15 is 0 Å². The number of rotatable bonds is 1. The van der Waals surface area contributed by atoms with E-state index in [4.69, 9.17) is 5.73 Å². The van der Waals surface area contributed by atoms with Crippen LogP contribution in [0.5, 0.6) is 0 Å². The second kappa shape index (κ2) is 5.75. The van der Waals surface area contributed by atoms with E-state index in [-0.39, 0.29) is 5.56 Å².